The molecule has 1 aromatic heterocycles. The smallest absolute Gasteiger partial charge is 0.251 e. The molecule has 0 unspecified atom stereocenters. The topological polar surface area (TPSA) is 58.9 Å². The van der Waals surface area contributed by atoms with Crippen molar-refractivity contribution in [3.8, 4) is 0 Å². The summed E-state index contributed by atoms with van der Waals surface area (Å²) in [4.78, 5) is 14.5. The van der Waals surface area contributed by atoms with Crippen LogP contribution >= 0.6 is 11.6 Å². The molecule has 2 rings (SSSR count). The van der Waals surface area contributed by atoms with Crippen LogP contribution in [0.4, 0.5) is 0 Å². The van der Waals surface area contributed by atoms with Gasteiger partial charge in [-0.1, -0.05) is 17.7 Å². The van der Waals surface area contributed by atoms with E-state index in [1.807, 2.05) is 18.2 Å². The van der Waals surface area contributed by atoms with E-state index < -0.39 is 0 Å². The van der Waals surface area contributed by atoms with Gasteiger partial charge in [0.2, 0.25) is 0 Å². The van der Waals surface area contributed by atoms with Gasteiger partial charge in [-0.3, -0.25) is 4.79 Å². The third-order valence-electron chi connectivity index (χ3n) is 2.54. The van der Waals surface area contributed by atoms with Crippen LogP contribution in [0.2, 0.25) is 5.02 Å². The van der Waals surface area contributed by atoms with Crippen molar-refractivity contribution in [1.82, 2.24) is 4.98 Å². The van der Waals surface area contributed by atoms with E-state index in [0.29, 0.717) is 18.0 Å². The van der Waals surface area contributed by atoms with Gasteiger partial charge >= 0.3 is 0 Å². The van der Waals surface area contributed by atoms with Crippen LogP contribution in [0.5, 0.6) is 0 Å². The molecule has 0 amide bonds. The number of pyridine rings is 1. The number of nitrogens with two attached hydrogens (primary N) is 1. The van der Waals surface area contributed by atoms with E-state index in [2.05, 4.69) is 4.98 Å². The van der Waals surface area contributed by atoms with Gasteiger partial charge in [0.25, 0.3) is 5.56 Å². The lowest BCUT2D eigenvalue weighted by Gasteiger charge is -2.02. The molecule has 0 aliphatic carbocycles. The first kappa shape index (κ1) is 11.2. The number of hydrogen-bond acceptors (Lipinski definition) is 2. The van der Waals surface area contributed by atoms with Gasteiger partial charge in [-0.15, -0.1) is 0 Å². The SMILES string of the molecule is NCCCc1cc2ccc(Cl)cc2[nH]c1=O. The van der Waals surface area contributed by atoms with Crippen molar-refractivity contribution in [1.29, 1.82) is 0 Å². The van der Waals surface area contributed by atoms with Crippen LogP contribution in [0.1, 0.15) is 12.0 Å². The van der Waals surface area contributed by atoms with Crippen LogP contribution in [-0.2, 0) is 6.42 Å². The molecule has 16 heavy (non-hydrogen) atoms. The number of hydrogen-bond donors (Lipinski definition) is 2. The fourth-order valence-corrected chi connectivity index (χ4v) is 1.87. The number of aromatic nitrogens is 1. The summed E-state index contributed by atoms with van der Waals surface area (Å²) in [7, 11) is 0. The summed E-state index contributed by atoms with van der Waals surface area (Å²) < 4.78 is 0. The number of fused-ring (bicyclic) bond motifs is 1. The van der Waals surface area contributed by atoms with E-state index >= 15 is 0 Å². The fourth-order valence-electron chi connectivity index (χ4n) is 1.70. The molecule has 2 aromatic rings. The van der Waals surface area contributed by atoms with Gasteiger partial charge in [-0.2, -0.15) is 0 Å². The third kappa shape index (κ3) is 2.26. The number of rotatable bonds is 3. The zero-order chi connectivity index (χ0) is 11.5. The lowest BCUT2D eigenvalue weighted by molar-refractivity contribution is 0.824. The number of aryl methyl sites for hydroxylation is 1. The molecule has 0 aliphatic heterocycles. The summed E-state index contributed by atoms with van der Waals surface area (Å²) >= 11 is 5.86. The highest BCUT2D eigenvalue weighted by Gasteiger charge is 2.02. The summed E-state index contributed by atoms with van der Waals surface area (Å²) in [6, 6.07) is 7.37. The van der Waals surface area contributed by atoms with Crippen molar-refractivity contribution < 1.29 is 0 Å². The molecule has 0 radical (unpaired) electrons. The Hall–Kier alpha value is -1.32. The second kappa shape index (κ2) is 4.68. The zero-order valence-electron chi connectivity index (χ0n) is 8.79. The van der Waals surface area contributed by atoms with Crippen molar-refractivity contribution in [3.05, 3.63) is 45.2 Å². The average molecular weight is 237 g/mol. The molecule has 0 spiro atoms. The summed E-state index contributed by atoms with van der Waals surface area (Å²) in [6.45, 7) is 0.595. The molecule has 0 saturated carbocycles. The highest BCUT2D eigenvalue weighted by molar-refractivity contribution is 6.31. The summed E-state index contributed by atoms with van der Waals surface area (Å²) in [5, 5.41) is 1.62. The minimum absolute atomic E-state index is 0.0526. The molecular formula is C12H13ClN2O. The van der Waals surface area contributed by atoms with Gasteiger partial charge in [0.1, 0.15) is 0 Å². The molecular weight excluding hydrogens is 224 g/mol. The molecule has 3 nitrogen and oxygen atoms in total. The number of aromatic amines is 1. The predicted octanol–water partition coefficient (Wildman–Crippen LogP) is 2.07. The average Bonchev–Trinajstić information content (AvgIpc) is 2.26. The Morgan fingerprint density at radius 2 is 2.12 bits per heavy atom. The maximum absolute atomic E-state index is 11.7. The zero-order valence-corrected chi connectivity index (χ0v) is 9.55. The quantitative estimate of drug-likeness (QED) is 0.857. The second-order valence-corrected chi connectivity index (χ2v) is 4.18. The molecule has 0 bridgehead atoms. The third-order valence-corrected chi connectivity index (χ3v) is 2.77. The first-order valence-corrected chi connectivity index (χ1v) is 5.60. The number of nitrogens with one attached hydrogen (secondary N) is 1. The Morgan fingerprint density at radius 3 is 2.88 bits per heavy atom. The lowest BCUT2D eigenvalue weighted by atomic mass is 10.1. The van der Waals surface area contributed by atoms with Crippen LogP contribution in [0.3, 0.4) is 0 Å². The van der Waals surface area contributed by atoms with Crippen LogP contribution in [-0.4, -0.2) is 11.5 Å². The fraction of sp³-hybridized carbons (Fsp3) is 0.250. The van der Waals surface area contributed by atoms with Gasteiger partial charge in [-0.25, -0.2) is 0 Å². The molecule has 1 aromatic carbocycles. The molecule has 1 heterocycles. The largest absolute Gasteiger partial charge is 0.330 e. The number of halogens is 1. The Labute approximate surface area is 98.2 Å². The van der Waals surface area contributed by atoms with Crippen LogP contribution in [0.15, 0.2) is 29.1 Å². The normalized spacial score (nSPS) is 10.9. The second-order valence-electron chi connectivity index (χ2n) is 3.75. The molecule has 4 heteroatoms. The van der Waals surface area contributed by atoms with Crippen molar-refractivity contribution in [2.45, 2.75) is 12.8 Å². The van der Waals surface area contributed by atoms with E-state index in [0.717, 1.165) is 22.9 Å². The van der Waals surface area contributed by atoms with Crippen molar-refractivity contribution in [2.24, 2.45) is 5.73 Å². The molecule has 84 valence electrons. The lowest BCUT2D eigenvalue weighted by Crippen LogP contribution is -2.13. The summed E-state index contributed by atoms with van der Waals surface area (Å²) in [6.07, 6.45) is 1.53. The standard InChI is InChI=1S/C12H13ClN2O/c13-10-4-3-8-6-9(2-1-5-14)12(16)15-11(8)7-10/h3-4,6-7H,1-2,5,14H2,(H,15,16). The van der Waals surface area contributed by atoms with E-state index in [4.69, 9.17) is 17.3 Å². The van der Waals surface area contributed by atoms with Gasteiger partial charge in [-0.05, 0) is 43.0 Å². The first-order chi connectivity index (χ1) is 7.70. The Balaban J connectivity index is 2.50. The number of benzene rings is 1. The summed E-state index contributed by atoms with van der Waals surface area (Å²) in [5.41, 5.74) is 6.93. The van der Waals surface area contributed by atoms with Crippen molar-refractivity contribution in [2.75, 3.05) is 6.54 Å². The minimum atomic E-state index is -0.0526. The Kier molecular flexibility index (Phi) is 3.27. The highest BCUT2D eigenvalue weighted by Crippen LogP contribution is 2.17. The van der Waals surface area contributed by atoms with Crippen molar-refractivity contribution >= 4 is 22.5 Å². The van der Waals surface area contributed by atoms with Gasteiger partial charge in [0.15, 0.2) is 0 Å². The van der Waals surface area contributed by atoms with Crippen LogP contribution in [0.25, 0.3) is 10.9 Å². The first-order valence-electron chi connectivity index (χ1n) is 5.22. The van der Waals surface area contributed by atoms with Crippen LogP contribution in [0, 0.1) is 0 Å². The van der Waals surface area contributed by atoms with Gasteiger partial charge in [0, 0.05) is 16.1 Å². The Bertz CT molecular complexity index is 562. The highest BCUT2D eigenvalue weighted by atomic mass is 35.5. The predicted molar refractivity (Wildman–Crippen MR) is 67.0 cm³/mol. The molecule has 3 N–H and O–H groups in total. The molecule has 0 fully saturated rings. The minimum Gasteiger partial charge on any atom is -0.330 e. The maximum Gasteiger partial charge on any atom is 0.251 e. The summed E-state index contributed by atoms with van der Waals surface area (Å²) in [5.74, 6) is 0. The van der Waals surface area contributed by atoms with E-state index in [-0.39, 0.29) is 5.56 Å². The monoisotopic (exact) mass is 236 g/mol. The van der Waals surface area contributed by atoms with Gasteiger partial charge in [0.05, 0.1) is 0 Å². The maximum atomic E-state index is 11.7. The van der Waals surface area contributed by atoms with Gasteiger partial charge < -0.3 is 10.7 Å². The van der Waals surface area contributed by atoms with Crippen molar-refractivity contribution in [3.63, 3.8) is 0 Å². The molecule has 0 saturated heterocycles. The van der Waals surface area contributed by atoms with Crippen LogP contribution < -0.4 is 11.3 Å². The van der Waals surface area contributed by atoms with E-state index in [1.165, 1.54) is 0 Å². The Morgan fingerprint density at radius 1 is 1.31 bits per heavy atom. The van der Waals surface area contributed by atoms with E-state index in [1.54, 1.807) is 6.07 Å². The molecule has 0 aliphatic rings. The van der Waals surface area contributed by atoms with E-state index in [9.17, 15) is 4.79 Å². The molecule has 0 atom stereocenters. The number of H-pyrrole nitrogens is 1.